The Kier molecular flexibility index (Phi) is 3.81. The molecule has 0 atom stereocenters. The molecular formula is C13H13F2NO2. The molecule has 0 saturated carbocycles. The lowest BCUT2D eigenvalue weighted by Gasteiger charge is -2.20. The van der Waals surface area contributed by atoms with Gasteiger partial charge < -0.3 is 5.32 Å². The highest BCUT2D eigenvalue weighted by atomic mass is 19.1. The van der Waals surface area contributed by atoms with Crippen LogP contribution in [0, 0.1) is 17.6 Å². The standard InChI is InChI=1S/C13H13F2NO2/c14-9-1-2-10(11(15)7-9)13(18)12(17)8-3-5-16-6-4-8/h1-2,7-8,16H,3-6H2. The van der Waals surface area contributed by atoms with E-state index in [1.54, 1.807) is 0 Å². The lowest BCUT2D eigenvalue weighted by atomic mass is 9.89. The third-order valence-corrected chi connectivity index (χ3v) is 3.11. The van der Waals surface area contributed by atoms with Gasteiger partial charge in [0, 0.05) is 12.0 Å². The molecule has 0 bridgehead atoms. The Morgan fingerprint density at radius 3 is 2.44 bits per heavy atom. The van der Waals surface area contributed by atoms with Gasteiger partial charge in [0.05, 0.1) is 5.56 Å². The summed E-state index contributed by atoms with van der Waals surface area (Å²) < 4.78 is 26.1. The maximum Gasteiger partial charge on any atom is 0.231 e. The number of nitrogens with one attached hydrogen (secondary N) is 1. The highest BCUT2D eigenvalue weighted by Crippen LogP contribution is 2.18. The summed E-state index contributed by atoms with van der Waals surface area (Å²) in [5.41, 5.74) is -0.347. The van der Waals surface area contributed by atoms with Gasteiger partial charge >= 0.3 is 0 Å². The Bertz CT molecular complexity index is 482. The molecule has 1 N–H and O–H groups in total. The Morgan fingerprint density at radius 1 is 1.17 bits per heavy atom. The summed E-state index contributed by atoms with van der Waals surface area (Å²) in [7, 11) is 0. The lowest BCUT2D eigenvalue weighted by molar-refractivity contribution is -0.119. The molecule has 1 aliphatic rings. The summed E-state index contributed by atoms with van der Waals surface area (Å²) in [6, 6.07) is 2.61. The Labute approximate surface area is 103 Å². The molecule has 1 aromatic carbocycles. The number of halogens is 2. The molecule has 0 spiro atoms. The molecule has 5 heteroatoms. The van der Waals surface area contributed by atoms with Gasteiger partial charge in [0.15, 0.2) is 0 Å². The smallest absolute Gasteiger partial charge is 0.231 e. The van der Waals surface area contributed by atoms with Crippen molar-refractivity contribution in [2.24, 2.45) is 5.92 Å². The molecule has 1 heterocycles. The van der Waals surface area contributed by atoms with E-state index in [0.29, 0.717) is 32.0 Å². The van der Waals surface area contributed by atoms with Crippen molar-refractivity contribution in [2.45, 2.75) is 12.8 Å². The van der Waals surface area contributed by atoms with Crippen LogP contribution in [-0.4, -0.2) is 24.7 Å². The zero-order valence-corrected chi connectivity index (χ0v) is 9.71. The van der Waals surface area contributed by atoms with E-state index in [9.17, 15) is 18.4 Å². The van der Waals surface area contributed by atoms with Gasteiger partial charge in [-0.15, -0.1) is 0 Å². The van der Waals surface area contributed by atoms with Crippen LogP contribution in [0.3, 0.4) is 0 Å². The molecule has 0 aromatic heterocycles. The highest BCUT2D eigenvalue weighted by molar-refractivity contribution is 6.44. The van der Waals surface area contributed by atoms with E-state index in [0.717, 1.165) is 12.1 Å². The van der Waals surface area contributed by atoms with E-state index in [1.807, 2.05) is 0 Å². The van der Waals surface area contributed by atoms with Gasteiger partial charge in [-0.05, 0) is 38.1 Å². The number of Topliss-reactive ketones (excluding diaryl/α,β-unsaturated/α-hetero) is 2. The van der Waals surface area contributed by atoms with Gasteiger partial charge in [-0.3, -0.25) is 9.59 Å². The van der Waals surface area contributed by atoms with E-state index in [2.05, 4.69) is 5.32 Å². The molecule has 1 aromatic rings. The minimum absolute atomic E-state index is 0.347. The van der Waals surface area contributed by atoms with Crippen molar-refractivity contribution in [3.05, 3.63) is 35.4 Å². The summed E-state index contributed by atoms with van der Waals surface area (Å²) in [6.07, 6.45) is 1.15. The maximum absolute atomic E-state index is 13.4. The molecule has 2 rings (SSSR count). The number of hydrogen-bond donors (Lipinski definition) is 1. The average Bonchev–Trinajstić information content (AvgIpc) is 2.38. The van der Waals surface area contributed by atoms with E-state index in [1.165, 1.54) is 0 Å². The van der Waals surface area contributed by atoms with Crippen LogP contribution in [0.5, 0.6) is 0 Å². The number of rotatable bonds is 3. The van der Waals surface area contributed by atoms with Crippen molar-refractivity contribution in [1.29, 1.82) is 0 Å². The SMILES string of the molecule is O=C(C(=O)C1CCNCC1)c1ccc(F)cc1F. The van der Waals surface area contributed by atoms with E-state index < -0.39 is 23.2 Å². The molecule has 0 aliphatic carbocycles. The van der Waals surface area contributed by atoms with E-state index >= 15 is 0 Å². The summed E-state index contributed by atoms with van der Waals surface area (Å²) >= 11 is 0. The first-order chi connectivity index (χ1) is 8.59. The van der Waals surface area contributed by atoms with Crippen molar-refractivity contribution >= 4 is 11.6 Å². The molecule has 1 aliphatic heterocycles. The second kappa shape index (κ2) is 5.35. The third kappa shape index (κ3) is 2.61. The first-order valence-corrected chi connectivity index (χ1v) is 5.84. The van der Waals surface area contributed by atoms with Crippen LogP contribution in [0.2, 0.25) is 0 Å². The van der Waals surface area contributed by atoms with Crippen molar-refractivity contribution < 1.29 is 18.4 Å². The summed E-state index contributed by atoms with van der Waals surface area (Å²) in [6.45, 7) is 1.35. The Morgan fingerprint density at radius 2 is 1.83 bits per heavy atom. The van der Waals surface area contributed by atoms with Crippen LogP contribution in [0.25, 0.3) is 0 Å². The van der Waals surface area contributed by atoms with Gasteiger partial charge in [0.25, 0.3) is 0 Å². The Balaban J connectivity index is 2.17. The van der Waals surface area contributed by atoms with Crippen molar-refractivity contribution in [2.75, 3.05) is 13.1 Å². The largest absolute Gasteiger partial charge is 0.317 e. The average molecular weight is 253 g/mol. The normalized spacial score (nSPS) is 16.6. The molecule has 1 fully saturated rings. The minimum atomic E-state index is -0.984. The second-order valence-electron chi connectivity index (χ2n) is 4.34. The number of carbonyl (C=O) groups is 2. The maximum atomic E-state index is 13.4. The van der Waals surface area contributed by atoms with Crippen molar-refractivity contribution in [3.63, 3.8) is 0 Å². The zero-order chi connectivity index (χ0) is 13.1. The minimum Gasteiger partial charge on any atom is -0.317 e. The van der Waals surface area contributed by atoms with Gasteiger partial charge in [0.1, 0.15) is 11.6 Å². The summed E-state index contributed by atoms with van der Waals surface area (Å²) in [5.74, 6) is -3.55. The van der Waals surface area contributed by atoms with Crippen LogP contribution in [-0.2, 0) is 4.79 Å². The second-order valence-corrected chi connectivity index (χ2v) is 4.34. The Hall–Kier alpha value is -1.62. The van der Waals surface area contributed by atoms with E-state index in [4.69, 9.17) is 0 Å². The fourth-order valence-corrected chi connectivity index (χ4v) is 2.08. The van der Waals surface area contributed by atoms with Crippen LogP contribution in [0.4, 0.5) is 8.78 Å². The topological polar surface area (TPSA) is 46.2 Å². The number of ketones is 2. The first kappa shape index (κ1) is 12.8. The van der Waals surface area contributed by atoms with Crippen molar-refractivity contribution in [3.8, 4) is 0 Å². The predicted octanol–water partition coefficient (Wildman–Crippen LogP) is 1.72. The van der Waals surface area contributed by atoms with Gasteiger partial charge in [0.2, 0.25) is 11.6 Å². The summed E-state index contributed by atoms with van der Waals surface area (Å²) in [5, 5.41) is 3.08. The van der Waals surface area contributed by atoms with Gasteiger partial charge in [-0.1, -0.05) is 0 Å². The monoisotopic (exact) mass is 253 g/mol. The zero-order valence-electron chi connectivity index (χ0n) is 9.71. The molecule has 3 nitrogen and oxygen atoms in total. The van der Waals surface area contributed by atoms with Gasteiger partial charge in [-0.2, -0.15) is 0 Å². The predicted molar refractivity (Wildman–Crippen MR) is 61.3 cm³/mol. The quantitative estimate of drug-likeness (QED) is 0.659. The molecular weight excluding hydrogens is 240 g/mol. The molecule has 18 heavy (non-hydrogen) atoms. The van der Waals surface area contributed by atoms with Crippen LogP contribution in [0.1, 0.15) is 23.2 Å². The molecule has 0 radical (unpaired) electrons. The number of benzene rings is 1. The number of piperidine rings is 1. The molecule has 0 unspecified atom stereocenters. The fraction of sp³-hybridized carbons (Fsp3) is 0.385. The fourth-order valence-electron chi connectivity index (χ4n) is 2.08. The van der Waals surface area contributed by atoms with Crippen LogP contribution < -0.4 is 5.32 Å². The third-order valence-electron chi connectivity index (χ3n) is 3.11. The molecule has 0 amide bonds. The number of hydrogen-bond acceptors (Lipinski definition) is 3. The van der Waals surface area contributed by atoms with Crippen LogP contribution in [0.15, 0.2) is 18.2 Å². The van der Waals surface area contributed by atoms with Crippen LogP contribution >= 0.6 is 0 Å². The summed E-state index contributed by atoms with van der Waals surface area (Å²) in [4.78, 5) is 23.7. The molecule has 96 valence electrons. The van der Waals surface area contributed by atoms with Gasteiger partial charge in [-0.25, -0.2) is 8.78 Å². The molecule has 1 saturated heterocycles. The number of carbonyl (C=O) groups excluding carboxylic acids is 2. The van der Waals surface area contributed by atoms with E-state index in [-0.39, 0.29) is 11.5 Å². The highest BCUT2D eigenvalue weighted by Gasteiger charge is 2.29. The first-order valence-electron chi connectivity index (χ1n) is 5.84. The lowest BCUT2D eigenvalue weighted by Crippen LogP contribution is -2.35. The van der Waals surface area contributed by atoms with Crippen molar-refractivity contribution in [1.82, 2.24) is 5.32 Å².